The SMILES string of the molecule is CCNCc1sc(-c2ccc(Br)cn2)nc1CC. The lowest BCUT2D eigenvalue weighted by atomic mass is 10.3. The molecule has 0 aromatic carbocycles. The van der Waals surface area contributed by atoms with Gasteiger partial charge in [-0.15, -0.1) is 11.3 Å². The monoisotopic (exact) mass is 325 g/mol. The van der Waals surface area contributed by atoms with Gasteiger partial charge in [0.1, 0.15) is 5.01 Å². The molecule has 3 nitrogen and oxygen atoms in total. The van der Waals surface area contributed by atoms with E-state index in [4.69, 9.17) is 0 Å². The molecule has 0 aliphatic carbocycles. The number of nitrogens with one attached hydrogen (secondary N) is 1. The maximum atomic E-state index is 4.68. The Labute approximate surface area is 120 Å². The van der Waals surface area contributed by atoms with E-state index in [-0.39, 0.29) is 0 Å². The largest absolute Gasteiger partial charge is 0.312 e. The molecule has 0 spiro atoms. The van der Waals surface area contributed by atoms with Crippen molar-refractivity contribution in [3.8, 4) is 10.7 Å². The number of rotatable bonds is 5. The molecule has 2 heterocycles. The molecule has 0 unspecified atom stereocenters. The van der Waals surface area contributed by atoms with E-state index in [0.717, 1.165) is 34.7 Å². The van der Waals surface area contributed by atoms with Crippen LogP contribution in [0.4, 0.5) is 0 Å². The van der Waals surface area contributed by atoms with Gasteiger partial charge in [0.25, 0.3) is 0 Å². The number of aromatic nitrogens is 2. The number of aryl methyl sites for hydroxylation is 1. The maximum absolute atomic E-state index is 4.68. The third kappa shape index (κ3) is 3.16. The minimum Gasteiger partial charge on any atom is -0.312 e. The Morgan fingerprint density at radius 2 is 2.17 bits per heavy atom. The van der Waals surface area contributed by atoms with Gasteiger partial charge in [-0.2, -0.15) is 0 Å². The van der Waals surface area contributed by atoms with Gasteiger partial charge in [-0.3, -0.25) is 4.98 Å². The molecule has 0 aliphatic heterocycles. The second kappa shape index (κ2) is 6.41. The number of halogens is 1. The number of thiazole rings is 1. The second-order valence-electron chi connectivity index (χ2n) is 3.88. The Balaban J connectivity index is 2.28. The van der Waals surface area contributed by atoms with Crippen LogP contribution in [0.2, 0.25) is 0 Å². The standard InChI is InChI=1S/C13H16BrN3S/c1-3-10-12(8-15-4-2)18-13(17-10)11-6-5-9(14)7-16-11/h5-7,15H,3-4,8H2,1-2H3. The maximum Gasteiger partial charge on any atom is 0.142 e. The zero-order chi connectivity index (χ0) is 13.0. The van der Waals surface area contributed by atoms with Crippen LogP contribution in [0, 0.1) is 0 Å². The van der Waals surface area contributed by atoms with E-state index >= 15 is 0 Å². The van der Waals surface area contributed by atoms with Gasteiger partial charge in [-0.25, -0.2) is 4.98 Å². The molecule has 1 N–H and O–H groups in total. The average Bonchev–Trinajstić information content (AvgIpc) is 2.80. The van der Waals surface area contributed by atoms with Crippen LogP contribution in [-0.2, 0) is 13.0 Å². The van der Waals surface area contributed by atoms with Gasteiger partial charge < -0.3 is 5.32 Å². The molecule has 0 fully saturated rings. The minimum atomic E-state index is 0.897. The molecular formula is C13H16BrN3S. The van der Waals surface area contributed by atoms with Crippen molar-refractivity contribution in [2.75, 3.05) is 6.54 Å². The van der Waals surface area contributed by atoms with E-state index in [1.165, 1.54) is 10.6 Å². The highest BCUT2D eigenvalue weighted by molar-refractivity contribution is 9.10. The van der Waals surface area contributed by atoms with Crippen molar-refractivity contribution < 1.29 is 0 Å². The molecule has 2 aromatic heterocycles. The van der Waals surface area contributed by atoms with E-state index in [1.54, 1.807) is 11.3 Å². The van der Waals surface area contributed by atoms with E-state index in [9.17, 15) is 0 Å². The number of hydrogen-bond acceptors (Lipinski definition) is 4. The Bertz CT molecular complexity index is 507. The highest BCUT2D eigenvalue weighted by Gasteiger charge is 2.11. The molecule has 0 aliphatic rings. The zero-order valence-corrected chi connectivity index (χ0v) is 12.9. The minimum absolute atomic E-state index is 0.897. The molecule has 18 heavy (non-hydrogen) atoms. The van der Waals surface area contributed by atoms with Gasteiger partial charge in [0.2, 0.25) is 0 Å². The van der Waals surface area contributed by atoms with Crippen molar-refractivity contribution in [2.45, 2.75) is 26.8 Å². The fourth-order valence-electron chi connectivity index (χ4n) is 1.65. The van der Waals surface area contributed by atoms with Gasteiger partial charge in [0.15, 0.2) is 0 Å². The molecule has 5 heteroatoms. The molecule has 0 atom stereocenters. The fourth-order valence-corrected chi connectivity index (χ4v) is 2.98. The van der Waals surface area contributed by atoms with Gasteiger partial charge in [0.05, 0.1) is 11.4 Å². The van der Waals surface area contributed by atoms with Gasteiger partial charge in [-0.1, -0.05) is 13.8 Å². The van der Waals surface area contributed by atoms with Crippen LogP contribution in [0.1, 0.15) is 24.4 Å². The van der Waals surface area contributed by atoms with Crippen molar-refractivity contribution in [3.05, 3.63) is 33.4 Å². The highest BCUT2D eigenvalue weighted by Crippen LogP contribution is 2.27. The predicted octanol–water partition coefficient (Wildman–Crippen LogP) is 3.64. The summed E-state index contributed by atoms with van der Waals surface area (Å²) < 4.78 is 0.992. The summed E-state index contributed by atoms with van der Waals surface area (Å²) in [6.45, 7) is 6.13. The summed E-state index contributed by atoms with van der Waals surface area (Å²) in [6.07, 6.45) is 2.78. The summed E-state index contributed by atoms with van der Waals surface area (Å²) in [4.78, 5) is 10.4. The molecule has 0 amide bonds. The van der Waals surface area contributed by atoms with Crippen LogP contribution in [-0.4, -0.2) is 16.5 Å². The lowest BCUT2D eigenvalue weighted by Gasteiger charge is -1.99. The second-order valence-corrected chi connectivity index (χ2v) is 5.88. The van der Waals surface area contributed by atoms with Crippen molar-refractivity contribution >= 4 is 27.3 Å². The van der Waals surface area contributed by atoms with Gasteiger partial charge >= 0.3 is 0 Å². The van der Waals surface area contributed by atoms with E-state index in [0.29, 0.717) is 0 Å². The Morgan fingerprint density at radius 3 is 2.78 bits per heavy atom. The summed E-state index contributed by atoms with van der Waals surface area (Å²) in [5.41, 5.74) is 2.13. The molecule has 2 aromatic rings. The number of hydrogen-bond donors (Lipinski definition) is 1. The van der Waals surface area contributed by atoms with E-state index in [1.807, 2.05) is 18.3 Å². The van der Waals surface area contributed by atoms with Crippen LogP contribution in [0.25, 0.3) is 10.7 Å². The number of nitrogens with zero attached hydrogens (tertiary/aromatic N) is 2. The lowest BCUT2D eigenvalue weighted by molar-refractivity contribution is 0.727. The summed E-state index contributed by atoms with van der Waals surface area (Å²) >= 11 is 5.13. The third-order valence-electron chi connectivity index (χ3n) is 2.60. The van der Waals surface area contributed by atoms with E-state index < -0.39 is 0 Å². The van der Waals surface area contributed by atoms with Gasteiger partial charge in [0, 0.05) is 22.1 Å². The first-order valence-electron chi connectivity index (χ1n) is 6.05. The number of pyridine rings is 1. The molecular weight excluding hydrogens is 310 g/mol. The molecule has 0 saturated carbocycles. The highest BCUT2D eigenvalue weighted by atomic mass is 79.9. The third-order valence-corrected chi connectivity index (χ3v) is 4.18. The van der Waals surface area contributed by atoms with Crippen molar-refractivity contribution in [2.24, 2.45) is 0 Å². The predicted molar refractivity (Wildman–Crippen MR) is 79.8 cm³/mol. The Morgan fingerprint density at radius 1 is 1.33 bits per heavy atom. The van der Waals surface area contributed by atoms with Crippen LogP contribution in [0.15, 0.2) is 22.8 Å². The molecule has 96 valence electrons. The summed E-state index contributed by atoms with van der Waals surface area (Å²) in [7, 11) is 0. The normalized spacial score (nSPS) is 10.8. The van der Waals surface area contributed by atoms with Crippen LogP contribution < -0.4 is 5.32 Å². The fraction of sp³-hybridized carbons (Fsp3) is 0.385. The zero-order valence-electron chi connectivity index (χ0n) is 10.5. The lowest BCUT2D eigenvalue weighted by Crippen LogP contribution is -2.11. The van der Waals surface area contributed by atoms with Crippen LogP contribution in [0.3, 0.4) is 0 Å². The van der Waals surface area contributed by atoms with Crippen molar-refractivity contribution in [1.29, 1.82) is 0 Å². The van der Waals surface area contributed by atoms with Crippen LogP contribution in [0.5, 0.6) is 0 Å². The Hall–Kier alpha value is -0.780. The molecule has 0 radical (unpaired) electrons. The first kappa shape index (κ1) is 13.6. The van der Waals surface area contributed by atoms with Crippen molar-refractivity contribution in [1.82, 2.24) is 15.3 Å². The quantitative estimate of drug-likeness (QED) is 0.911. The first-order chi connectivity index (χ1) is 8.74. The van der Waals surface area contributed by atoms with Crippen molar-refractivity contribution in [3.63, 3.8) is 0 Å². The molecule has 2 rings (SSSR count). The van der Waals surface area contributed by atoms with E-state index in [2.05, 4.69) is 45.1 Å². The smallest absolute Gasteiger partial charge is 0.142 e. The Kier molecular flexibility index (Phi) is 4.86. The molecule has 0 saturated heterocycles. The van der Waals surface area contributed by atoms with Gasteiger partial charge in [-0.05, 0) is 41.0 Å². The van der Waals surface area contributed by atoms with Crippen LogP contribution >= 0.6 is 27.3 Å². The topological polar surface area (TPSA) is 37.8 Å². The summed E-state index contributed by atoms with van der Waals surface area (Å²) in [5.74, 6) is 0. The molecule has 0 bridgehead atoms. The average molecular weight is 326 g/mol. The summed E-state index contributed by atoms with van der Waals surface area (Å²) in [6, 6.07) is 4.00. The summed E-state index contributed by atoms with van der Waals surface area (Å²) in [5, 5.41) is 4.36. The first-order valence-corrected chi connectivity index (χ1v) is 7.66.